The van der Waals surface area contributed by atoms with E-state index in [-0.39, 0.29) is 11.5 Å². The van der Waals surface area contributed by atoms with E-state index in [2.05, 4.69) is 30.4 Å². The Labute approximate surface area is 160 Å². The second-order valence-electron chi connectivity index (χ2n) is 5.66. The zero-order chi connectivity index (χ0) is 20.4. The van der Waals surface area contributed by atoms with Crippen molar-refractivity contribution < 1.29 is 9.18 Å². The highest BCUT2D eigenvalue weighted by atomic mass is 19.1. The Hall–Kier alpha value is -4.48. The van der Waals surface area contributed by atoms with Gasteiger partial charge in [0.25, 0.3) is 11.5 Å². The van der Waals surface area contributed by atoms with Crippen LogP contribution in [0.3, 0.4) is 0 Å². The minimum atomic E-state index is -0.984. The molecule has 29 heavy (non-hydrogen) atoms. The quantitative estimate of drug-likeness (QED) is 0.507. The summed E-state index contributed by atoms with van der Waals surface area (Å²) in [6, 6.07) is 6.64. The molecule has 0 radical (unpaired) electrons. The summed E-state index contributed by atoms with van der Waals surface area (Å²) in [5, 5.41) is 6.35. The van der Waals surface area contributed by atoms with Crippen molar-refractivity contribution in [2.45, 2.75) is 0 Å². The number of aromatic nitrogens is 7. The van der Waals surface area contributed by atoms with E-state index in [1.165, 1.54) is 47.9 Å². The number of nitrogens with zero attached hydrogens (tertiary/aromatic N) is 6. The monoisotopic (exact) mass is 394 g/mol. The summed E-state index contributed by atoms with van der Waals surface area (Å²) >= 11 is 0. The third kappa shape index (κ3) is 3.41. The normalized spacial score (nSPS) is 10.7. The van der Waals surface area contributed by atoms with Crippen molar-refractivity contribution in [3.63, 3.8) is 0 Å². The first-order valence-corrected chi connectivity index (χ1v) is 8.12. The number of para-hydroxylation sites is 1. The molecule has 0 aliphatic rings. The summed E-state index contributed by atoms with van der Waals surface area (Å²) < 4.78 is 15.9. The second kappa shape index (κ2) is 7.26. The third-order valence-electron chi connectivity index (χ3n) is 3.86. The van der Waals surface area contributed by atoms with E-state index in [0.717, 1.165) is 12.3 Å². The highest BCUT2D eigenvalue weighted by molar-refractivity contribution is 6.03. The van der Waals surface area contributed by atoms with Crippen LogP contribution < -0.4 is 16.6 Å². The van der Waals surface area contributed by atoms with Crippen molar-refractivity contribution in [2.24, 2.45) is 0 Å². The summed E-state index contributed by atoms with van der Waals surface area (Å²) in [6.07, 6.45) is 4.86. The van der Waals surface area contributed by atoms with Gasteiger partial charge in [-0.25, -0.2) is 33.4 Å². The molecule has 0 spiro atoms. The standard InChI is InChI=1S/C17H11FN8O3/c18-11-3-1-2-4-12(11)26-16(28)10(6-20-17(26)29)15(27)24-13-5-14(22-8-21-13)25-9-19-7-23-25/h1-9H,(H,20,29)(H,21,22,24,27). The summed E-state index contributed by atoms with van der Waals surface area (Å²) in [5.41, 5.74) is -2.55. The van der Waals surface area contributed by atoms with Gasteiger partial charge in [-0.3, -0.25) is 9.59 Å². The fourth-order valence-corrected chi connectivity index (χ4v) is 2.54. The molecule has 1 amide bonds. The molecular formula is C17H11FN8O3. The minimum absolute atomic E-state index is 0.0820. The molecule has 3 heterocycles. The van der Waals surface area contributed by atoms with Crippen LogP contribution in [0.15, 0.2) is 65.1 Å². The van der Waals surface area contributed by atoms with Gasteiger partial charge in [0, 0.05) is 12.3 Å². The summed E-state index contributed by atoms with van der Waals surface area (Å²) in [4.78, 5) is 51.3. The smallest absolute Gasteiger partial charge is 0.313 e. The Morgan fingerprint density at radius 3 is 2.72 bits per heavy atom. The number of rotatable bonds is 4. The zero-order valence-corrected chi connectivity index (χ0v) is 14.5. The first-order valence-electron chi connectivity index (χ1n) is 8.12. The molecule has 4 aromatic rings. The number of nitrogens with one attached hydrogen (secondary N) is 2. The van der Waals surface area contributed by atoms with Gasteiger partial charge in [0.15, 0.2) is 5.82 Å². The van der Waals surface area contributed by atoms with Crippen LogP contribution in [0.2, 0.25) is 0 Å². The maximum absolute atomic E-state index is 14.1. The topological polar surface area (TPSA) is 140 Å². The van der Waals surface area contributed by atoms with Crippen molar-refractivity contribution in [1.29, 1.82) is 0 Å². The van der Waals surface area contributed by atoms with E-state index in [9.17, 15) is 18.8 Å². The Bertz CT molecular complexity index is 1310. The molecule has 0 bridgehead atoms. The molecule has 144 valence electrons. The Morgan fingerprint density at radius 2 is 1.97 bits per heavy atom. The fourth-order valence-electron chi connectivity index (χ4n) is 2.54. The molecule has 11 nitrogen and oxygen atoms in total. The summed E-state index contributed by atoms with van der Waals surface area (Å²) in [7, 11) is 0. The number of carbonyl (C=O) groups excluding carboxylic acids is 1. The van der Waals surface area contributed by atoms with E-state index in [1.807, 2.05) is 0 Å². The van der Waals surface area contributed by atoms with Gasteiger partial charge >= 0.3 is 5.69 Å². The van der Waals surface area contributed by atoms with Crippen LogP contribution in [-0.2, 0) is 0 Å². The first-order chi connectivity index (χ1) is 14.0. The molecule has 1 aromatic carbocycles. The molecule has 0 fully saturated rings. The lowest BCUT2D eigenvalue weighted by Gasteiger charge is -2.09. The van der Waals surface area contributed by atoms with Gasteiger partial charge in [-0.1, -0.05) is 12.1 Å². The number of hydrogen-bond acceptors (Lipinski definition) is 7. The van der Waals surface area contributed by atoms with E-state index in [0.29, 0.717) is 10.4 Å². The Morgan fingerprint density at radius 1 is 1.14 bits per heavy atom. The van der Waals surface area contributed by atoms with Gasteiger partial charge in [0.05, 0.1) is 5.69 Å². The van der Waals surface area contributed by atoms with Crippen molar-refractivity contribution in [3.05, 3.63) is 87.7 Å². The molecule has 0 aliphatic carbocycles. The van der Waals surface area contributed by atoms with Crippen molar-refractivity contribution in [3.8, 4) is 11.5 Å². The molecular weight excluding hydrogens is 383 g/mol. The van der Waals surface area contributed by atoms with E-state index in [4.69, 9.17) is 0 Å². The number of anilines is 1. The number of H-pyrrole nitrogens is 1. The lowest BCUT2D eigenvalue weighted by atomic mass is 10.2. The maximum Gasteiger partial charge on any atom is 0.333 e. The zero-order valence-electron chi connectivity index (χ0n) is 14.5. The molecule has 4 rings (SSSR count). The highest BCUT2D eigenvalue weighted by Crippen LogP contribution is 2.10. The van der Waals surface area contributed by atoms with Crippen molar-refractivity contribution in [2.75, 3.05) is 5.32 Å². The minimum Gasteiger partial charge on any atom is -0.313 e. The number of carbonyl (C=O) groups is 1. The summed E-state index contributed by atoms with van der Waals surface area (Å²) in [5.74, 6) is -1.22. The van der Waals surface area contributed by atoms with Crippen molar-refractivity contribution in [1.82, 2.24) is 34.3 Å². The summed E-state index contributed by atoms with van der Waals surface area (Å²) in [6.45, 7) is 0. The molecule has 3 aromatic heterocycles. The van der Waals surface area contributed by atoms with Crippen LogP contribution in [-0.4, -0.2) is 40.2 Å². The average Bonchev–Trinajstić information content (AvgIpc) is 3.24. The Balaban J connectivity index is 1.70. The number of benzene rings is 1. The molecule has 12 heteroatoms. The van der Waals surface area contributed by atoms with Gasteiger partial charge in [-0.2, -0.15) is 5.10 Å². The van der Waals surface area contributed by atoms with Gasteiger partial charge in [-0.15, -0.1) is 0 Å². The lowest BCUT2D eigenvalue weighted by Crippen LogP contribution is -2.38. The third-order valence-corrected chi connectivity index (χ3v) is 3.86. The molecule has 2 N–H and O–H groups in total. The van der Waals surface area contributed by atoms with Gasteiger partial charge < -0.3 is 10.3 Å². The number of hydrogen-bond donors (Lipinski definition) is 2. The Kier molecular flexibility index (Phi) is 4.49. The number of aromatic amines is 1. The molecule has 0 aliphatic heterocycles. The predicted octanol–water partition coefficient (Wildman–Crippen LogP) is 0.288. The van der Waals surface area contributed by atoms with E-state index in [1.54, 1.807) is 0 Å². The number of amides is 1. The molecule has 0 saturated carbocycles. The largest absolute Gasteiger partial charge is 0.333 e. The van der Waals surface area contributed by atoms with E-state index >= 15 is 0 Å². The van der Waals surface area contributed by atoms with Crippen molar-refractivity contribution >= 4 is 11.7 Å². The van der Waals surface area contributed by atoms with E-state index < -0.39 is 28.5 Å². The molecule has 0 saturated heterocycles. The van der Waals surface area contributed by atoms with Crippen LogP contribution in [0.4, 0.5) is 10.2 Å². The van der Waals surface area contributed by atoms with Gasteiger partial charge in [0.1, 0.15) is 36.2 Å². The SMILES string of the molecule is O=C(Nc1cc(-n2cncn2)ncn1)c1c[nH]c(=O)n(-c2ccccc2F)c1=O. The second-order valence-corrected chi connectivity index (χ2v) is 5.66. The number of halogens is 1. The van der Waals surface area contributed by atoms with Crippen LogP contribution in [0.25, 0.3) is 11.5 Å². The molecule has 0 atom stereocenters. The van der Waals surface area contributed by atoms with Crippen LogP contribution in [0.5, 0.6) is 0 Å². The highest BCUT2D eigenvalue weighted by Gasteiger charge is 2.18. The predicted molar refractivity (Wildman–Crippen MR) is 97.5 cm³/mol. The van der Waals surface area contributed by atoms with Crippen LogP contribution in [0.1, 0.15) is 10.4 Å². The van der Waals surface area contributed by atoms with Gasteiger partial charge in [0.2, 0.25) is 0 Å². The van der Waals surface area contributed by atoms with Crippen LogP contribution in [0, 0.1) is 5.82 Å². The lowest BCUT2D eigenvalue weighted by molar-refractivity contribution is 0.102. The maximum atomic E-state index is 14.1. The fraction of sp³-hybridized carbons (Fsp3) is 0. The van der Waals surface area contributed by atoms with Crippen LogP contribution >= 0.6 is 0 Å². The van der Waals surface area contributed by atoms with Gasteiger partial charge in [-0.05, 0) is 12.1 Å². The molecule has 0 unspecified atom stereocenters. The average molecular weight is 394 g/mol. The first kappa shape index (κ1) is 17.9.